The Kier molecular flexibility index (Phi) is 4.18. The maximum absolute atomic E-state index is 11.8. The molecule has 0 unspecified atom stereocenters. The lowest BCUT2D eigenvalue weighted by Gasteiger charge is -2.29. The molecule has 0 bridgehead atoms. The smallest absolute Gasteiger partial charge is 0.153 e. The van der Waals surface area contributed by atoms with Gasteiger partial charge in [-0.3, -0.25) is 0 Å². The summed E-state index contributed by atoms with van der Waals surface area (Å²) in [5, 5.41) is 6.88. The molecule has 0 atom stereocenters. The number of hydrogen-bond acceptors (Lipinski definition) is 8. The van der Waals surface area contributed by atoms with E-state index in [1.54, 1.807) is 6.33 Å². The van der Waals surface area contributed by atoms with E-state index in [4.69, 9.17) is 4.74 Å². The Bertz CT molecular complexity index is 1100. The molecule has 1 aliphatic carbocycles. The molecule has 1 saturated carbocycles. The lowest BCUT2D eigenvalue weighted by atomic mass is 9.90. The van der Waals surface area contributed by atoms with E-state index in [1.807, 2.05) is 4.90 Å². The van der Waals surface area contributed by atoms with Crippen LogP contribution in [0.25, 0.3) is 0 Å². The largest absolute Gasteiger partial charge is 0.486 e. The molecule has 2 saturated heterocycles. The van der Waals surface area contributed by atoms with Gasteiger partial charge < -0.3 is 20.3 Å². The molecule has 30 heavy (non-hydrogen) atoms. The van der Waals surface area contributed by atoms with Crippen LogP contribution in [0.1, 0.15) is 41.4 Å². The fourth-order valence-electron chi connectivity index (χ4n) is 4.50. The number of benzene rings is 1. The minimum atomic E-state index is -2.95. The van der Waals surface area contributed by atoms with Gasteiger partial charge in [-0.1, -0.05) is 6.07 Å². The molecular formula is C21H25N5O3S. The fourth-order valence-corrected chi connectivity index (χ4v) is 5.70. The Hall–Kier alpha value is -2.39. The first-order chi connectivity index (χ1) is 14.6. The van der Waals surface area contributed by atoms with Crippen LogP contribution in [0.2, 0.25) is 0 Å². The summed E-state index contributed by atoms with van der Waals surface area (Å²) in [5.41, 5.74) is 4.52. The van der Waals surface area contributed by atoms with Gasteiger partial charge in [0.05, 0.1) is 22.8 Å². The van der Waals surface area contributed by atoms with Crippen LogP contribution in [-0.4, -0.2) is 56.1 Å². The maximum atomic E-state index is 11.8. The van der Waals surface area contributed by atoms with E-state index >= 15 is 0 Å². The van der Waals surface area contributed by atoms with Crippen LogP contribution in [0.5, 0.6) is 5.75 Å². The van der Waals surface area contributed by atoms with Crippen LogP contribution in [0.4, 0.5) is 17.3 Å². The van der Waals surface area contributed by atoms with E-state index in [2.05, 4.69) is 32.7 Å². The second kappa shape index (κ2) is 6.81. The van der Waals surface area contributed by atoms with Gasteiger partial charge in [0.1, 0.15) is 30.3 Å². The zero-order valence-corrected chi connectivity index (χ0v) is 17.5. The highest BCUT2D eigenvalue weighted by Crippen LogP contribution is 2.50. The molecule has 1 aromatic carbocycles. The predicted octanol–water partition coefficient (Wildman–Crippen LogP) is 1.91. The van der Waals surface area contributed by atoms with Crippen molar-refractivity contribution in [2.45, 2.75) is 31.3 Å². The molecule has 2 aromatic rings. The Morgan fingerprint density at radius 1 is 1.07 bits per heavy atom. The number of rotatable bonds is 3. The summed E-state index contributed by atoms with van der Waals surface area (Å²) in [6, 6.07) is 4.54. The standard InChI is InChI=1S/C21H25N5O3S/c27-30(28)5-3-26(4-6-30)21-17-11-29-19-16(13-1-2-13)7-14(15-9-22-10-15)8-18(19)25-20(17)23-12-24-21/h7-8,12-13,15,22H,1-6,9-11H2,(H,23,24,25). The van der Waals surface area contributed by atoms with Crippen molar-refractivity contribution in [2.75, 3.05) is 47.9 Å². The van der Waals surface area contributed by atoms with Gasteiger partial charge >= 0.3 is 0 Å². The number of nitrogens with zero attached hydrogens (tertiary/aromatic N) is 3. The Labute approximate surface area is 176 Å². The molecule has 4 aliphatic rings. The number of anilines is 3. The molecule has 8 nitrogen and oxygen atoms in total. The van der Waals surface area contributed by atoms with Crippen molar-refractivity contribution < 1.29 is 13.2 Å². The van der Waals surface area contributed by atoms with Crippen LogP contribution in [0.3, 0.4) is 0 Å². The molecule has 0 spiro atoms. The van der Waals surface area contributed by atoms with E-state index in [9.17, 15) is 8.42 Å². The third-order valence-electron chi connectivity index (χ3n) is 6.59. The van der Waals surface area contributed by atoms with Gasteiger partial charge in [0.15, 0.2) is 9.84 Å². The molecule has 4 heterocycles. The Morgan fingerprint density at radius 3 is 2.57 bits per heavy atom. The van der Waals surface area contributed by atoms with Crippen molar-refractivity contribution in [3.05, 3.63) is 35.2 Å². The van der Waals surface area contributed by atoms with Gasteiger partial charge in [-0.25, -0.2) is 18.4 Å². The number of ether oxygens (including phenoxy) is 1. The number of aromatic nitrogens is 2. The van der Waals surface area contributed by atoms with Crippen molar-refractivity contribution in [3.63, 3.8) is 0 Å². The molecular weight excluding hydrogens is 402 g/mol. The first-order valence-corrected chi connectivity index (χ1v) is 12.5. The van der Waals surface area contributed by atoms with Gasteiger partial charge in [0, 0.05) is 32.1 Å². The van der Waals surface area contributed by atoms with Crippen LogP contribution >= 0.6 is 0 Å². The lowest BCUT2D eigenvalue weighted by Crippen LogP contribution is -2.41. The minimum Gasteiger partial charge on any atom is -0.486 e. The van der Waals surface area contributed by atoms with Crippen LogP contribution in [0, 0.1) is 0 Å². The summed E-state index contributed by atoms with van der Waals surface area (Å²) in [4.78, 5) is 11.0. The van der Waals surface area contributed by atoms with Crippen LogP contribution in [0.15, 0.2) is 18.5 Å². The Morgan fingerprint density at radius 2 is 1.87 bits per heavy atom. The number of sulfone groups is 1. The normalized spacial score (nSPS) is 22.7. The number of hydrogen-bond donors (Lipinski definition) is 2. The summed E-state index contributed by atoms with van der Waals surface area (Å²) in [6.07, 6.45) is 3.97. The molecule has 158 valence electrons. The highest BCUT2D eigenvalue weighted by atomic mass is 32.2. The summed E-state index contributed by atoms with van der Waals surface area (Å²) in [6.45, 7) is 3.31. The average molecular weight is 428 g/mol. The van der Waals surface area contributed by atoms with E-state index in [0.29, 0.717) is 31.5 Å². The van der Waals surface area contributed by atoms with Crippen molar-refractivity contribution in [1.82, 2.24) is 15.3 Å². The maximum Gasteiger partial charge on any atom is 0.153 e. The highest BCUT2D eigenvalue weighted by Gasteiger charge is 2.33. The zero-order chi connectivity index (χ0) is 20.3. The molecule has 9 heteroatoms. The quantitative estimate of drug-likeness (QED) is 0.767. The average Bonchev–Trinajstić information content (AvgIpc) is 3.52. The fraction of sp³-hybridized carbons (Fsp3) is 0.524. The molecule has 3 aliphatic heterocycles. The third kappa shape index (κ3) is 3.20. The number of nitrogens with one attached hydrogen (secondary N) is 2. The summed E-state index contributed by atoms with van der Waals surface area (Å²) in [5.74, 6) is 3.89. The molecule has 3 fully saturated rings. The summed E-state index contributed by atoms with van der Waals surface area (Å²) in [7, 11) is -2.95. The Balaban J connectivity index is 1.37. The molecule has 0 amide bonds. The minimum absolute atomic E-state index is 0.158. The second-order valence-corrected chi connectivity index (χ2v) is 11.0. The summed E-state index contributed by atoms with van der Waals surface area (Å²) >= 11 is 0. The topological polar surface area (TPSA) is 96.5 Å². The number of fused-ring (bicyclic) bond motifs is 2. The third-order valence-corrected chi connectivity index (χ3v) is 8.20. The molecule has 0 radical (unpaired) electrons. The van der Waals surface area contributed by atoms with Crippen molar-refractivity contribution in [1.29, 1.82) is 0 Å². The first kappa shape index (κ1) is 18.4. The molecule has 2 N–H and O–H groups in total. The van der Waals surface area contributed by atoms with E-state index in [0.717, 1.165) is 41.7 Å². The van der Waals surface area contributed by atoms with E-state index in [-0.39, 0.29) is 11.5 Å². The van der Waals surface area contributed by atoms with Gasteiger partial charge in [-0.15, -0.1) is 0 Å². The second-order valence-electron chi connectivity index (χ2n) is 8.69. The predicted molar refractivity (Wildman–Crippen MR) is 115 cm³/mol. The van der Waals surface area contributed by atoms with Crippen molar-refractivity contribution in [3.8, 4) is 5.75 Å². The SMILES string of the molecule is O=S1(=O)CCN(c2ncnc3c2COc2c(cc(C4CNC4)cc2C2CC2)N3)CC1. The van der Waals surface area contributed by atoms with Crippen LogP contribution in [-0.2, 0) is 16.4 Å². The van der Waals surface area contributed by atoms with Gasteiger partial charge in [0.2, 0.25) is 0 Å². The monoisotopic (exact) mass is 427 g/mol. The van der Waals surface area contributed by atoms with Gasteiger partial charge in [-0.2, -0.15) is 0 Å². The van der Waals surface area contributed by atoms with Gasteiger partial charge in [-0.05, 0) is 36.0 Å². The van der Waals surface area contributed by atoms with Gasteiger partial charge in [0.25, 0.3) is 0 Å². The van der Waals surface area contributed by atoms with Crippen LogP contribution < -0.4 is 20.3 Å². The van der Waals surface area contributed by atoms with Crippen molar-refractivity contribution in [2.24, 2.45) is 0 Å². The zero-order valence-electron chi connectivity index (χ0n) is 16.7. The lowest BCUT2D eigenvalue weighted by molar-refractivity contribution is 0.306. The first-order valence-electron chi connectivity index (χ1n) is 10.6. The molecule has 1 aromatic heterocycles. The van der Waals surface area contributed by atoms with E-state index in [1.165, 1.54) is 24.0 Å². The highest BCUT2D eigenvalue weighted by molar-refractivity contribution is 7.91. The van der Waals surface area contributed by atoms with E-state index < -0.39 is 9.84 Å². The van der Waals surface area contributed by atoms with Crippen molar-refractivity contribution >= 4 is 27.2 Å². The molecule has 6 rings (SSSR count). The summed E-state index contributed by atoms with van der Waals surface area (Å²) < 4.78 is 30.0.